The summed E-state index contributed by atoms with van der Waals surface area (Å²) in [6.07, 6.45) is 2.40. The molecule has 0 bridgehead atoms. The van der Waals surface area contributed by atoms with E-state index in [1.165, 1.54) is 11.3 Å². The molecule has 0 saturated carbocycles. The quantitative estimate of drug-likeness (QED) is 0.836. The van der Waals surface area contributed by atoms with Crippen LogP contribution in [-0.4, -0.2) is 43.1 Å². The summed E-state index contributed by atoms with van der Waals surface area (Å²) in [7, 11) is 4.81. The zero-order chi connectivity index (χ0) is 18.7. The molecule has 1 aliphatic rings. The third-order valence-corrected chi connectivity index (χ3v) is 5.62. The van der Waals surface area contributed by atoms with Gasteiger partial charge in [-0.05, 0) is 24.6 Å². The Labute approximate surface area is 157 Å². The second kappa shape index (κ2) is 7.72. The van der Waals surface area contributed by atoms with Gasteiger partial charge in [-0.25, -0.2) is 4.98 Å². The number of ether oxygens (including phenoxy) is 3. The first-order chi connectivity index (χ1) is 12.5. The average molecular weight is 373 g/mol. The van der Waals surface area contributed by atoms with Crippen molar-refractivity contribution in [1.82, 2.24) is 4.98 Å². The smallest absolute Gasteiger partial charge is 0.151 e. The van der Waals surface area contributed by atoms with E-state index in [9.17, 15) is 5.11 Å². The lowest BCUT2D eigenvalue weighted by Crippen LogP contribution is -2.45. The van der Waals surface area contributed by atoms with Gasteiger partial charge in [-0.3, -0.25) is 0 Å². The summed E-state index contributed by atoms with van der Waals surface area (Å²) in [5.41, 5.74) is 1.56. The van der Waals surface area contributed by atoms with Crippen LogP contribution in [0, 0.1) is 0 Å². The Morgan fingerprint density at radius 3 is 2.54 bits per heavy atom. The summed E-state index contributed by atoms with van der Waals surface area (Å²) in [6, 6.07) is 9.91. The highest BCUT2D eigenvalue weighted by atomic mass is 32.1. The minimum Gasteiger partial charge on any atom is -0.498 e. The number of aromatic nitrogens is 1. The van der Waals surface area contributed by atoms with Crippen molar-refractivity contribution in [3.05, 3.63) is 64.9 Å². The Bertz CT molecular complexity index is 814. The molecule has 5 nitrogen and oxygen atoms in total. The molecule has 0 amide bonds. The van der Waals surface area contributed by atoms with E-state index in [1.807, 2.05) is 48.7 Å². The molecule has 1 heterocycles. The number of hydrogen-bond donors (Lipinski definition) is 1. The molecule has 0 spiro atoms. The standard InChI is InChI=1S/C20H23NO4S/c1-20(25-4)16(23-2)10-14(11-17(20)24-3)18(22)15-12-26-19(21-15)13-8-6-5-7-9-13/h5-12,16,18,22H,1-4H3. The molecule has 0 saturated heterocycles. The molecule has 6 heteroatoms. The maximum absolute atomic E-state index is 10.9. The van der Waals surface area contributed by atoms with E-state index < -0.39 is 11.7 Å². The van der Waals surface area contributed by atoms with Crippen molar-refractivity contribution in [2.75, 3.05) is 21.3 Å². The highest BCUT2D eigenvalue weighted by Gasteiger charge is 2.42. The lowest BCUT2D eigenvalue weighted by atomic mass is 9.86. The van der Waals surface area contributed by atoms with Crippen LogP contribution in [0.3, 0.4) is 0 Å². The third kappa shape index (κ3) is 3.33. The van der Waals surface area contributed by atoms with Crippen LogP contribution in [-0.2, 0) is 14.2 Å². The fourth-order valence-electron chi connectivity index (χ4n) is 3.05. The van der Waals surface area contributed by atoms with Crippen LogP contribution in [0.15, 0.2) is 59.2 Å². The highest BCUT2D eigenvalue weighted by Crippen LogP contribution is 2.38. The van der Waals surface area contributed by atoms with E-state index in [-0.39, 0.29) is 6.10 Å². The predicted molar refractivity (Wildman–Crippen MR) is 102 cm³/mol. The maximum atomic E-state index is 10.9. The number of thiazole rings is 1. The zero-order valence-corrected chi connectivity index (χ0v) is 16.1. The van der Waals surface area contributed by atoms with Crippen LogP contribution in [0.2, 0.25) is 0 Å². The van der Waals surface area contributed by atoms with E-state index in [1.54, 1.807) is 27.4 Å². The highest BCUT2D eigenvalue weighted by molar-refractivity contribution is 7.13. The molecule has 1 N–H and O–H groups in total. The Kier molecular flexibility index (Phi) is 5.58. The maximum Gasteiger partial charge on any atom is 0.151 e. The number of nitrogens with zero attached hydrogens (tertiary/aromatic N) is 1. The van der Waals surface area contributed by atoms with Gasteiger partial charge in [0.15, 0.2) is 5.60 Å². The topological polar surface area (TPSA) is 60.8 Å². The molecular formula is C20H23NO4S. The number of hydrogen-bond acceptors (Lipinski definition) is 6. The fourth-order valence-corrected chi connectivity index (χ4v) is 3.90. The van der Waals surface area contributed by atoms with Gasteiger partial charge in [-0.15, -0.1) is 11.3 Å². The number of aliphatic hydroxyl groups is 1. The van der Waals surface area contributed by atoms with Crippen molar-refractivity contribution in [3.8, 4) is 10.6 Å². The molecule has 1 aromatic carbocycles. The Hall–Kier alpha value is -1.99. The molecular weight excluding hydrogens is 350 g/mol. The second-order valence-electron chi connectivity index (χ2n) is 6.19. The monoisotopic (exact) mass is 373 g/mol. The van der Waals surface area contributed by atoms with E-state index in [4.69, 9.17) is 14.2 Å². The lowest BCUT2D eigenvalue weighted by molar-refractivity contribution is -0.0890. The van der Waals surface area contributed by atoms with Gasteiger partial charge in [-0.1, -0.05) is 30.3 Å². The molecule has 3 unspecified atom stereocenters. The van der Waals surface area contributed by atoms with Crippen molar-refractivity contribution >= 4 is 11.3 Å². The van der Waals surface area contributed by atoms with Crippen molar-refractivity contribution in [3.63, 3.8) is 0 Å². The molecule has 3 atom stereocenters. The van der Waals surface area contributed by atoms with Gasteiger partial charge >= 0.3 is 0 Å². The summed E-state index contributed by atoms with van der Waals surface area (Å²) in [6.45, 7) is 1.90. The molecule has 138 valence electrons. The summed E-state index contributed by atoms with van der Waals surface area (Å²) < 4.78 is 16.7. The third-order valence-electron chi connectivity index (χ3n) is 4.71. The molecule has 1 aliphatic carbocycles. The molecule has 2 aromatic rings. The Morgan fingerprint density at radius 2 is 1.92 bits per heavy atom. The van der Waals surface area contributed by atoms with Crippen LogP contribution in [0.4, 0.5) is 0 Å². The Balaban J connectivity index is 1.91. The van der Waals surface area contributed by atoms with E-state index in [0.717, 1.165) is 10.6 Å². The van der Waals surface area contributed by atoms with Gasteiger partial charge in [-0.2, -0.15) is 0 Å². The first-order valence-electron chi connectivity index (χ1n) is 8.28. The summed E-state index contributed by atoms with van der Waals surface area (Å²) in [4.78, 5) is 4.60. The zero-order valence-electron chi connectivity index (χ0n) is 15.3. The van der Waals surface area contributed by atoms with E-state index in [2.05, 4.69) is 4.98 Å². The fraction of sp³-hybridized carbons (Fsp3) is 0.350. The van der Waals surface area contributed by atoms with Gasteiger partial charge in [0.1, 0.15) is 23.0 Å². The number of aliphatic hydroxyl groups excluding tert-OH is 1. The SMILES string of the molecule is COC1=CC(C(O)c2csc(-c3ccccc3)n2)=CC(OC)C1(C)OC. The minimum atomic E-state index is -0.868. The van der Waals surface area contributed by atoms with Gasteiger partial charge < -0.3 is 19.3 Å². The van der Waals surface area contributed by atoms with Gasteiger partial charge in [0.25, 0.3) is 0 Å². The van der Waals surface area contributed by atoms with Crippen LogP contribution in [0.25, 0.3) is 10.6 Å². The van der Waals surface area contributed by atoms with Gasteiger partial charge in [0.2, 0.25) is 0 Å². The molecule has 0 radical (unpaired) electrons. The number of methoxy groups -OCH3 is 3. The van der Waals surface area contributed by atoms with Crippen molar-refractivity contribution < 1.29 is 19.3 Å². The Morgan fingerprint density at radius 1 is 1.19 bits per heavy atom. The van der Waals surface area contributed by atoms with E-state index in [0.29, 0.717) is 17.0 Å². The van der Waals surface area contributed by atoms with Crippen LogP contribution < -0.4 is 0 Å². The van der Waals surface area contributed by atoms with Crippen molar-refractivity contribution in [2.45, 2.75) is 24.7 Å². The predicted octanol–water partition coefficient (Wildman–Crippen LogP) is 3.73. The number of benzene rings is 1. The second-order valence-corrected chi connectivity index (χ2v) is 7.05. The minimum absolute atomic E-state index is 0.385. The summed E-state index contributed by atoms with van der Waals surface area (Å²) in [5.74, 6) is 0.599. The van der Waals surface area contributed by atoms with Crippen LogP contribution in [0.5, 0.6) is 0 Å². The first-order valence-corrected chi connectivity index (χ1v) is 9.16. The summed E-state index contributed by atoms with van der Waals surface area (Å²) >= 11 is 1.51. The van der Waals surface area contributed by atoms with Crippen LogP contribution >= 0.6 is 11.3 Å². The molecule has 1 aromatic heterocycles. The first kappa shape index (κ1) is 18.8. The van der Waals surface area contributed by atoms with E-state index >= 15 is 0 Å². The van der Waals surface area contributed by atoms with Crippen molar-refractivity contribution in [2.24, 2.45) is 0 Å². The van der Waals surface area contributed by atoms with Gasteiger partial charge in [0.05, 0.1) is 12.8 Å². The average Bonchev–Trinajstić information content (AvgIpc) is 3.18. The number of rotatable bonds is 6. The molecule has 0 aliphatic heterocycles. The van der Waals surface area contributed by atoms with Gasteiger partial charge in [0, 0.05) is 25.2 Å². The largest absolute Gasteiger partial charge is 0.498 e. The lowest BCUT2D eigenvalue weighted by Gasteiger charge is -2.38. The normalized spacial score (nSPS) is 24.0. The molecule has 0 fully saturated rings. The molecule has 3 rings (SSSR count). The molecule has 26 heavy (non-hydrogen) atoms. The summed E-state index contributed by atoms with van der Waals surface area (Å²) in [5, 5.41) is 13.6. The van der Waals surface area contributed by atoms with Crippen LogP contribution in [0.1, 0.15) is 18.7 Å². The van der Waals surface area contributed by atoms with Crippen molar-refractivity contribution in [1.29, 1.82) is 0 Å².